The smallest absolute Gasteiger partial charge is 0.142 e. The first-order valence-corrected chi connectivity index (χ1v) is 7.63. The van der Waals surface area contributed by atoms with Crippen molar-refractivity contribution >= 4 is 36.4 Å². The number of benzene rings is 1. The molecule has 7 heteroatoms. The Bertz CT molecular complexity index is 492. The van der Waals surface area contributed by atoms with Crippen molar-refractivity contribution in [3.8, 4) is 0 Å². The first-order chi connectivity index (χ1) is 9.66. The normalized spacial score (nSPS) is 20.0. The van der Waals surface area contributed by atoms with Crippen LogP contribution in [-0.4, -0.2) is 31.1 Å². The van der Waals surface area contributed by atoms with Crippen molar-refractivity contribution in [2.45, 2.75) is 25.3 Å². The van der Waals surface area contributed by atoms with Crippen LogP contribution in [0.4, 0.5) is 8.78 Å². The van der Waals surface area contributed by atoms with E-state index < -0.39 is 5.82 Å². The number of hydrogen-bond acceptors (Lipinski definition) is 2. The van der Waals surface area contributed by atoms with Gasteiger partial charge in [0.05, 0.1) is 5.02 Å². The van der Waals surface area contributed by atoms with Gasteiger partial charge < -0.3 is 5.32 Å². The third kappa shape index (κ3) is 4.45. The van der Waals surface area contributed by atoms with E-state index in [1.54, 1.807) is 0 Å². The standard InChI is InChI=1S/C15H19ClF2N2.2ClH/c16-15-12(18)4-3-11(17)14(15)13(9-10-1-2-10)20-7-5-19-6-8-20;;/h3-4,10,13,19H,1-2,5-9H2;2*1H/t13-;;/m1../s1. The van der Waals surface area contributed by atoms with E-state index in [1.165, 1.54) is 18.9 Å². The second kappa shape index (κ2) is 8.65. The van der Waals surface area contributed by atoms with Crippen LogP contribution < -0.4 is 5.32 Å². The largest absolute Gasteiger partial charge is 0.314 e. The fraction of sp³-hybridized carbons (Fsp3) is 0.600. The van der Waals surface area contributed by atoms with Gasteiger partial charge in [-0.25, -0.2) is 8.78 Å². The molecule has 0 radical (unpaired) electrons. The number of nitrogens with zero attached hydrogens (tertiary/aromatic N) is 1. The van der Waals surface area contributed by atoms with Gasteiger partial charge in [0.15, 0.2) is 0 Å². The summed E-state index contributed by atoms with van der Waals surface area (Å²) in [7, 11) is 0. The molecule has 1 aliphatic carbocycles. The molecule has 2 nitrogen and oxygen atoms in total. The van der Waals surface area contributed by atoms with Crippen LogP contribution in [0.2, 0.25) is 5.02 Å². The second-order valence-corrected chi connectivity index (χ2v) is 6.12. The first-order valence-electron chi connectivity index (χ1n) is 7.25. The Hall–Kier alpha value is -0.130. The van der Waals surface area contributed by atoms with Gasteiger partial charge in [0, 0.05) is 37.8 Å². The maximum Gasteiger partial charge on any atom is 0.142 e. The zero-order chi connectivity index (χ0) is 14.1. The predicted molar refractivity (Wildman–Crippen MR) is 90.4 cm³/mol. The van der Waals surface area contributed by atoms with E-state index in [2.05, 4.69) is 10.2 Å². The zero-order valence-corrected chi connectivity index (χ0v) is 14.5. The maximum atomic E-state index is 14.2. The fourth-order valence-corrected chi connectivity index (χ4v) is 3.24. The summed E-state index contributed by atoms with van der Waals surface area (Å²) in [5.74, 6) is -0.284. The Labute approximate surface area is 147 Å². The molecule has 1 aliphatic heterocycles. The van der Waals surface area contributed by atoms with Gasteiger partial charge in [0.1, 0.15) is 11.6 Å². The van der Waals surface area contributed by atoms with Gasteiger partial charge in [-0.05, 0) is 24.5 Å². The molecule has 3 rings (SSSR count). The number of rotatable bonds is 4. The van der Waals surface area contributed by atoms with Crippen LogP contribution in [0, 0.1) is 17.6 Å². The van der Waals surface area contributed by atoms with Crippen molar-refractivity contribution in [2.24, 2.45) is 5.92 Å². The number of nitrogens with one attached hydrogen (secondary N) is 1. The maximum absolute atomic E-state index is 14.2. The lowest BCUT2D eigenvalue weighted by atomic mass is 9.97. The number of halogens is 5. The highest BCUT2D eigenvalue weighted by molar-refractivity contribution is 6.31. The van der Waals surface area contributed by atoms with Crippen molar-refractivity contribution in [2.75, 3.05) is 26.2 Å². The molecule has 126 valence electrons. The number of piperazine rings is 1. The molecule has 22 heavy (non-hydrogen) atoms. The molecule has 0 amide bonds. The Morgan fingerprint density at radius 1 is 1.14 bits per heavy atom. The molecule has 1 atom stereocenters. The summed E-state index contributed by atoms with van der Waals surface area (Å²) < 4.78 is 27.9. The highest BCUT2D eigenvalue weighted by atomic mass is 35.5. The lowest BCUT2D eigenvalue weighted by Gasteiger charge is -2.36. The molecule has 1 saturated carbocycles. The summed E-state index contributed by atoms with van der Waals surface area (Å²) in [5, 5.41) is 3.24. The molecule has 1 aromatic rings. The zero-order valence-electron chi connectivity index (χ0n) is 12.2. The van der Waals surface area contributed by atoms with Gasteiger partial charge >= 0.3 is 0 Å². The fourth-order valence-electron chi connectivity index (χ4n) is 2.96. The van der Waals surface area contributed by atoms with Crippen LogP contribution >= 0.6 is 36.4 Å². The highest BCUT2D eigenvalue weighted by Crippen LogP contribution is 2.43. The van der Waals surface area contributed by atoms with E-state index in [4.69, 9.17) is 11.6 Å². The van der Waals surface area contributed by atoms with Crippen LogP contribution in [-0.2, 0) is 0 Å². The predicted octanol–water partition coefficient (Wildman–Crippen LogP) is 4.21. The SMILES string of the molecule is Cl.Cl.Fc1ccc(F)c([C@@H](CC2CC2)N2CCNCC2)c1Cl. The van der Waals surface area contributed by atoms with Crippen molar-refractivity contribution in [3.63, 3.8) is 0 Å². The van der Waals surface area contributed by atoms with Crippen LogP contribution in [0.15, 0.2) is 12.1 Å². The van der Waals surface area contributed by atoms with Gasteiger partial charge in [-0.3, -0.25) is 4.90 Å². The summed E-state index contributed by atoms with van der Waals surface area (Å²) in [6.07, 6.45) is 3.26. The lowest BCUT2D eigenvalue weighted by Crippen LogP contribution is -2.45. The van der Waals surface area contributed by atoms with Crippen LogP contribution in [0.3, 0.4) is 0 Å². The van der Waals surface area contributed by atoms with E-state index in [1.807, 2.05) is 0 Å². The molecule has 0 unspecified atom stereocenters. The molecule has 1 aromatic carbocycles. The van der Waals surface area contributed by atoms with Crippen molar-refractivity contribution in [1.29, 1.82) is 0 Å². The van der Waals surface area contributed by atoms with E-state index in [0.29, 0.717) is 11.5 Å². The molecule has 0 bridgehead atoms. The van der Waals surface area contributed by atoms with E-state index >= 15 is 0 Å². The van der Waals surface area contributed by atoms with Crippen LogP contribution in [0.1, 0.15) is 30.9 Å². The summed E-state index contributed by atoms with van der Waals surface area (Å²) in [6, 6.07) is 2.19. The number of hydrogen-bond donors (Lipinski definition) is 1. The first kappa shape index (κ1) is 19.9. The Morgan fingerprint density at radius 3 is 2.32 bits per heavy atom. The van der Waals surface area contributed by atoms with Crippen molar-refractivity contribution in [1.82, 2.24) is 10.2 Å². The Morgan fingerprint density at radius 2 is 1.73 bits per heavy atom. The second-order valence-electron chi connectivity index (χ2n) is 5.74. The van der Waals surface area contributed by atoms with E-state index in [-0.39, 0.29) is 41.7 Å². The highest BCUT2D eigenvalue weighted by Gasteiger charge is 2.33. The third-order valence-electron chi connectivity index (χ3n) is 4.26. The van der Waals surface area contributed by atoms with Gasteiger partial charge in [0.2, 0.25) is 0 Å². The van der Waals surface area contributed by atoms with Crippen molar-refractivity contribution < 1.29 is 8.78 Å². The molecule has 0 aromatic heterocycles. The molecule has 1 saturated heterocycles. The molecule has 1 N–H and O–H groups in total. The summed E-state index contributed by atoms with van der Waals surface area (Å²) >= 11 is 6.06. The Kier molecular flexibility index (Phi) is 7.83. The molecule has 2 fully saturated rings. The van der Waals surface area contributed by atoms with Crippen molar-refractivity contribution in [3.05, 3.63) is 34.4 Å². The van der Waals surface area contributed by atoms with Gasteiger partial charge in [-0.15, -0.1) is 24.8 Å². The minimum Gasteiger partial charge on any atom is -0.314 e. The van der Waals surface area contributed by atoms with Gasteiger partial charge in [0.25, 0.3) is 0 Å². The minimum atomic E-state index is -0.529. The summed E-state index contributed by atoms with van der Waals surface area (Å²) in [6.45, 7) is 3.47. The molecule has 0 spiro atoms. The van der Waals surface area contributed by atoms with Gasteiger partial charge in [-0.2, -0.15) is 0 Å². The quantitative estimate of drug-likeness (QED) is 0.795. The Balaban J connectivity index is 0.00000121. The molecule has 1 heterocycles. The van der Waals surface area contributed by atoms with Crippen LogP contribution in [0.25, 0.3) is 0 Å². The molecule has 2 aliphatic rings. The van der Waals surface area contributed by atoms with E-state index in [0.717, 1.165) is 38.7 Å². The lowest BCUT2D eigenvalue weighted by molar-refractivity contribution is 0.157. The minimum absolute atomic E-state index is 0. The van der Waals surface area contributed by atoms with Gasteiger partial charge in [-0.1, -0.05) is 24.4 Å². The summed E-state index contributed by atoms with van der Waals surface area (Å²) in [5.41, 5.74) is 0.348. The molecular weight excluding hydrogens is 353 g/mol. The molecular formula is C15H21Cl3F2N2. The third-order valence-corrected chi connectivity index (χ3v) is 4.64. The van der Waals surface area contributed by atoms with E-state index in [9.17, 15) is 8.78 Å². The topological polar surface area (TPSA) is 15.3 Å². The average molecular weight is 374 g/mol. The van der Waals surface area contributed by atoms with Crippen LogP contribution in [0.5, 0.6) is 0 Å². The summed E-state index contributed by atoms with van der Waals surface area (Å²) in [4.78, 5) is 2.23. The monoisotopic (exact) mass is 372 g/mol. The average Bonchev–Trinajstić information content (AvgIpc) is 3.27.